The number of aromatic nitrogens is 1. The van der Waals surface area contributed by atoms with Crippen LogP contribution in [0.2, 0.25) is 0 Å². The molecule has 0 fully saturated rings. The molecule has 0 aliphatic heterocycles. The van der Waals surface area contributed by atoms with Crippen LogP contribution in [-0.4, -0.2) is 10.1 Å². The maximum atomic E-state index is 10.0. The number of aliphatic hydroxyl groups is 1. The molecule has 5 heteroatoms. The fourth-order valence-electron chi connectivity index (χ4n) is 1.44. The second-order valence-electron chi connectivity index (χ2n) is 3.38. The largest absolute Gasteiger partial charge is 0.457 e. The first-order chi connectivity index (χ1) is 7.66. The minimum atomic E-state index is -0.593. The van der Waals surface area contributed by atoms with Gasteiger partial charge in [0.25, 0.3) is 0 Å². The van der Waals surface area contributed by atoms with Gasteiger partial charge >= 0.3 is 0 Å². The van der Waals surface area contributed by atoms with Gasteiger partial charge in [-0.15, -0.1) is 0 Å². The molecule has 0 aliphatic rings. The number of hydrogen-bond acceptors (Lipinski definition) is 3. The van der Waals surface area contributed by atoms with Crippen LogP contribution in [0, 0.1) is 0 Å². The molecule has 0 aliphatic carbocycles. The fraction of sp³-hybridized carbons (Fsp3) is 0.182. The van der Waals surface area contributed by atoms with E-state index in [1.165, 1.54) is 0 Å². The Morgan fingerprint density at radius 3 is 2.81 bits per heavy atom. The monoisotopic (exact) mass is 345 g/mol. The third-order valence-corrected chi connectivity index (χ3v) is 3.27. The molecule has 84 valence electrons. The van der Waals surface area contributed by atoms with E-state index < -0.39 is 6.10 Å². The van der Waals surface area contributed by atoms with Crippen molar-refractivity contribution in [1.82, 2.24) is 4.98 Å². The van der Waals surface area contributed by atoms with Gasteiger partial charge in [-0.25, -0.2) is 0 Å². The summed E-state index contributed by atoms with van der Waals surface area (Å²) in [5.74, 6) is 0. The molecule has 0 radical (unpaired) electrons. The molecule has 1 unspecified atom stereocenters. The van der Waals surface area contributed by atoms with Crippen LogP contribution in [0.15, 0.2) is 44.3 Å². The Kier molecular flexibility index (Phi) is 3.78. The van der Waals surface area contributed by atoms with E-state index in [1.807, 2.05) is 6.07 Å². The summed E-state index contributed by atoms with van der Waals surface area (Å²) in [5.41, 5.74) is 1.72. The maximum absolute atomic E-state index is 10.0. The van der Waals surface area contributed by atoms with Crippen molar-refractivity contribution in [3.63, 3.8) is 0 Å². The first kappa shape index (κ1) is 11.8. The van der Waals surface area contributed by atoms with Gasteiger partial charge in [0.05, 0.1) is 12.4 Å². The van der Waals surface area contributed by atoms with Gasteiger partial charge in [-0.3, -0.25) is 4.98 Å². The quantitative estimate of drug-likeness (QED) is 0.925. The van der Waals surface area contributed by atoms with Crippen LogP contribution in [0.4, 0.5) is 0 Å². The third kappa shape index (κ3) is 2.72. The highest BCUT2D eigenvalue weighted by atomic mass is 79.9. The van der Waals surface area contributed by atoms with Gasteiger partial charge < -0.3 is 9.52 Å². The summed E-state index contributed by atoms with van der Waals surface area (Å²) in [6.45, 7) is 0. The Morgan fingerprint density at radius 1 is 1.38 bits per heavy atom. The Balaban J connectivity index is 2.14. The van der Waals surface area contributed by atoms with E-state index in [1.54, 1.807) is 24.7 Å². The zero-order valence-corrected chi connectivity index (χ0v) is 11.4. The van der Waals surface area contributed by atoms with Gasteiger partial charge in [0.1, 0.15) is 0 Å². The summed E-state index contributed by atoms with van der Waals surface area (Å²) in [6.07, 6.45) is 4.90. The van der Waals surface area contributed by atoms with Crippen LogP contribution in [0.25, 0.3) is 0 Å². The van der Waals surface area contributed by atoms with Crippen molar-refractivity contribution in [3.8, 4) is 0 Å². The van der Waals surface area contributed by atoms with E-state index in [0.717, 1.165) is 15.6 Å². The molecule has 3 nitrogen and oxygen atoms in total. The second-order valence-corrected chi connectivity index (χ2v) is 5.02. The number of hydrogen-bond donors (Lipinski definition) is 1. The number of nitrogens with zero attached hydrogens (tertiary/aromatic N) is 1. The summed E-state index contributed by atoms with van der Waals surface area (Å²) < 4.78 is 6.56. The van der Waals surface area contributed by atoms with Crippen molar-refractivity contribution in [3.05, 3.63) is 51.1 Å². The molecule has 0 bridgehead atoms. The molecule has 2 rings (SSSR count). The lowest BCUT2D eigenvalue weighted by Gasteiger charge is -2.08. The highest BCUT2D eigenvalue weighted by Gasteiger charge is 2.14. The summed E-state index contributed by atoms with van der Waals surface area (Å²) >= 11 is 6.59. The predicted octanol–water partition coefficient (Wildman–Crippen LogP) is 3.48. The number of rotatable bonds is 3. The van der Waals surface area contributed by atoms with E-state index >= 15 is 0 Å². The molecule has 2 heterocycles. The molecule has 0 saturated heterocycles. The zero-order valence-electron chi connectivity index (χ0n) is 8.23. The van der Waals surface area contributed by atoms with Crippen molar-refractivity contribution in [1.29, 1.82) is 0 Å². The highest BCUT2D eigenvalue weighted by Crippen LogP contribution is 2.27. The zero-order chi connectivity index (χ0) is 11.5. The van der Waals surface area contributed by atoms with Crippen molar-refractivity contribution >= 4 is 31.9 Å². The smallest absolute Gasteiger partial charge is 0.174 e. The minimum Gasteiger partial charge on any atom is -0.457 e. The molecule has 0 saturated carbocycles. The molecule has 16 heavy (non-hydrogen) atoms. The normalized spacial score (nSPS) is 12.7. The van der Waals surface area contributed by atoms with E-state index in [-0.39, 0.29) is 0 Å². The first-order valence-electron chi connectivity index (χ1n) is 4.67. The Morgan fingerprint density at radius 2 is 2.19 bits per heavy atom. The van der Waals surface area contributed by atoms with Crippen LogP contribution < -0.4 is 0 Å². The molecule has 2 aromatic heterocycles. The first-order valence-corrected chi connectivity index (χ1v) is 6.26. The van der Waals surface area contributed by atoms with E-state index in [0.29, 0.717) is 11.1 Å². The summed E-state index contributed by atoms with van der Waals surface area (Å²) in [6, 6.07) is 3.68. The van der Waals surface area contributed by atoms with Crippen molar-refractivity contribution < 1.29 is 9.52 Å². The van der Waals surface area contributed by atoms with E-state index in [9.17, 15) is 5.11 Å². The molecular weight excluding hydrogens is 338 g/mol. The Labute approximate surface area is 110 Å². The summed E-state index contributed by atoms with van der Waals surface area (Å²) in [4.78, 5) is 4.05. The summed E-state index contributed by atoms with van der Waals surface area (Å²) in [7, 11) is 0. The second kappa shape index (κ2) is 5.12. The van der Waals surface area contributed by atoms with Gasteiger partial charge in [0, 0.05) is 28.9 Å². The number of furan rings is 1. The number of pyridine rings is 1. The molecule has 1 atom stereocenters. The Hall–Kier alpha value is -0.650. The maximum Gasteiger partial charge on any atom is 0.174 e. The van der Waals surface area contributed by atoms with Crippen LogP contribution in [0.3, 0.4) is 0 Å². The summed E-state index contributed by atoms with van der Waals surface area (Å²) in [5, 5.41) is 10.0. The van der Waals surface area contributed by atoms with Crippen molar-refractivity contribution in [2.45, 2.75) is 12.5 Å². The standard InChI is InChI=1S/C11H9Br2NO2/c12-8-3-7(5-14-6-8)4-10(15)9-1-2-16-11(9)13/h1-3,5-6,10,15H,4H2. The van der Waals surface area contributed by atoms with Gasteiger partial charge in [0.15, 0.2) is 4.67 Å². The number of aliphatic hydroxyl groups excluding tert-OH is 1. The fourth-order valence-corrected chi connectivity index (χ4v) is 2.36. The lowest BCUT2D eigenvalue weighted by Crippen LogP contribution is -2.01. The third-order valence-electron chi connectivity index (χ3n) is 2.20. The highest BCUT2D eigenvalue weighted by molar-refractivity contribution is 9.10. The van der Waals surface area contributed by atoms with Crippen LogP contribution in [-0.2, 0) is 6.42 Å². The van der Waals surface area contributed by atoms with Gasteiger partial charge in [0.2, 0.25) is 0 Å². The van der Waals surface area contributed by atoms with Gasteiger partial charge in [-0.2, -0.15) is 0 Å². The molecule has 0 aromatic carbocycles. The van der Waals surface area contributed by atoms with Gasteiger partial charge in [-0.1, -0.05) is 0 Å². The molecule has 0 spiro atoms. The molecule has 2 aromatic rings. The molecular formula is C11H9Br2NO2. The lowest BCUT2D eigenvalue weighted by atomic mass is 10.1. The van der Waals surface area contributed by atoms with Crippen molar-refractivity contribution in [2.24, 2.45) is 0 Å². The van der Waals surface area contributed by atoms with Crippen LogP contribution >= 0.6 is 31.9 Å². The molecule has 1 N–H and O–H groups in total. The van der Waals surface area contributed by atoms with Gasteiger partial charge in [-0.05, 0) is 49.6 Å². The molecule has 0 amide bonds. The predicted molar refractivity (Wildman–Crippen MR) is 67.0 cm³/mol. The van der Waals surface area contributed by atoms with Crippen LogP contribution in [0.5, 0.6) is 0 Å². The SMILES string of the molecule is OC(Cc1cncc(Br)c1)c1ccoc1Br. The van der Waals surface area contributed by atoms with E-state index in [4.69, 9.17) is 4.42 Å². The average Bonchev–Trinajstić information content (AvgIpc) is 2.64. The average molecular weight is 347 g/mol. The topological polar surface area (TPSA) is 46.3 Å². The minimum absolute atomic E-state index is 0.505. The van der Waals surface area contributed by atoms with Crippen molar-refractivity contribution in [2.75, 3.05) is 0 Å². The lowest BCUT2D eigenvalue weighted by molar-refractivity contribution is 0.176. The Bertz CT molecular complexity index is 484. The van der Waals surface area contributed by atoms with Crippen LogP contribution in [0.1, 0.15) is 17.2 Å². The number of halogens is 2. The van der Waals surface area contributed by atoms with E-state index in [2.05, 4.69) is 36.8 Å².